The highest BCUT2D eigenvalue weighted by atomic mass is 32.2. The van der Waals surface area contributed by atoms with Crippen molar-refractivity contribution in [2.45, 2.75) is 13.0 Å². The summed E-state index contributed by atoms with van der Waals surface area (Å²) in [6.45, 7) is 1.55. The summed E-state index contributed by atoms with van der Waals surface area (Å²) in [6.07, 6.45) is 1.60. The van der Waals surface area contributed by atoms with Gasteiger partial charge < -0.3 is 14.6 Å². The second-order valence-corrected chi connectivity index (χ2v) is 6.36. The highest BCUT2D eigenvalue weighted by Gasteiger charge is 2.38. The van der Waals surface area contributed by atoms with Gasteiger partial charge in [-0.05, 0) is 30.7 Å². The van der Waals surface area contributed by atoms with Gasteiger partial charge in [0.05, 0.1) is 19.1 Å². The van der Waals surface area contributed by atoms with Crippen molar-refractivity contribution >= 4 is 46.3 Å². The first-order chi connectivity index (χ1) is 10.9. The standard InChI is InChI=1S/C15H15NO5S2/c1-8(14(19)21-3)16-13(18)12(23-15(16)22)7-9-4-5-11(20-2)10(17)6-9/h4-8,17H,1-3H3/b12-7-/t8-/m0/s1. The van der Waals surface area contributed by atoms with Crippen LogP contribution in [0.5, 0.6) is 11.5 Å². The Kier molecular flexibility index (Phi) is 5.27. The summed E-state index contributed by atoms with van der Waals surface area (Å²) in [5, 5.41) is 9.78. The summed E-state index contributed by atoms with van der Waals surface area (Å²) in [5.41, 5.74) is 0.620. The van der Waals surface area contributed by atoms with Crippen molar-refractivity contribution in [2.24, 2.45) is 0 Å². The zero-order valence-electron chi connectivity index (χ0n) is 12.7. The number of phenolic OH excluding ortho intramolecular Hbond substituents is 1. The number of hydrogen-bond donors (Lipinski definition) is 1. The van der Waals surface area contributed by atoms with E-state index in [4.69, 9.17) is 17.0 Å². The predicted octanol–water partition coefficient (Wildman–Crippen LogP) is 2.16. The van der Waals surface area contributed by atoms with E-state index in [1.165, 1.54) is 25.2 Å². The summed E-state index contributed by atoms with van der Waals surface area (Å²) in [5.74, 6) is -0.591. The molecule has 1 aromatic carbocycles. The normalized spacial score (nSPS) is 17.5. The van der Waals surface area contributed by atoms with Crippen molar-refractivity contribution in [2.75, 3.05) is 14.2 Å². The topological polar surface area (TPSA) is 76.1 Å². The molecule has 1 N–H and O–H groups in total. The first kappa shape index (κ1) is 17.3. The SMILES string of the molecule is COC(=O)[C@H](C)N1C(=O)/C(=C/c2ccc(OC)c(O)c2)SC1=S. The van der Waals surface area contributed by atoms with Crippen LogP contribution in [0.1, 0.15) is 12.5 Å². The van der Waals surface area contributed by atoms with Crippen LogP contribution in [-0.2, 0) is 14.3 Å². The van der Waals surface area contributed by atoms with Crippen LogP contribution in [-0.4, -0.2) is 46.5 Å². The molecule has 0 bridgehead atoms. The number of methoxy groups -OCH3 is 2. The molecule has 1 aromatic rings. The lowest BCUT2D eigenvalue weighted by Gasteiger charge is -2.20. The Hall–Kier alpha value is -2.06. The summed E-state index contributed by atoms with van der Waals surface area (Å²) < 4.78 is 9.91. The van der Waals surface area contributed by atoms with Gasteiger partial charge in [-0.2, -0.15) is 0 Å². The number of thiocarbonyl (C=S) groups is 1. The van der Waals surface area contributed by atoms with Crippen LogP contribution in [0.25, 0.3) is 6.08 Å². The molecule has 1 saturated heterocycles. The highest BCUT2D eigenvalue weighted by molar-refractivity contribution is 8.26. The number of esters is 1. The van der Waals surface area contributed by atoms with E-state index in [0.717, 1.165) is 11.8 Å². The van der Waals surface area contributed by atoms with Crippen molar-refractivity contribution in [3.63, 3.8) is 0 Å². The number of phenols is 1. The van der Waals surface area contributed by atoms with Gasteiger partial charge in [0.15, 0.2) is 11.5 Å². The van der Waals surface area contributed by atoms with Gasteiger partial charge in [-0.25, -0.2) is 4.79 Å². The first-order valence-corrected chi connectivity index (χ1v) is 7.83. The van der Waals surface area contributed by atoms with Gasteiger partial charge in [0.1, 0.15) is 10.4 Å². The van der Waals surface area contributed by atoms with Crippen LogP contribution in [0, 0.1) is 0 Å². The minimum Gasteiger partial charge on any atom is -0.504 e. The molecule has 0 radical (unpaired) electrons. The van der Waals surface area contributed by atoms with E-state index in [9.17, 15) is 14.7 Å². The lowest BCUT2D eigenvalue weighted by atomic mass is 10.2. The molecule has 0 spiro atoms. The Balaban J connectivity index is 2.28. The minimum atomic E-state index is -0.789. The number of hydrogen-bond acceptors (Lipinski definition) is 7. The van der Waals surface area contributed by atoms with Gasteiger partial charge in [-0.1, -0.05) is 30.0 Å². The fourth-order valence-corrected chi connectivity index (χ4v) is 3.46. The van der Waals surface area contributed by atoms with Gasteiger partial charge in [0, 0.05) is 0 Å². The smallest absolute Gasteiger partial charge is 0.328 e. The maximum absolute atomic E-state index is 12.4. The zero-order valence-corrected chi connectivity index (χ0v) is 14.4. The highest BCUT2D eigenvalue weighted by Crippen LogP contribution is 2.35. The van der Waals surface area contributed by atoms with E-state index in [2.05, 4.69) is 4.74 Å². The monoisotopic (exact) mass is 353 g/mol. The summed E-state index contributed by atoms with van der Waals surface area (Å²) in [6, 6.07) is 3.99. The molecule has 122 valence electrons. The van der Waals surface area contributed by atoms with E-state index in [0.29, 0.717) is 16.2 Å². The molecular weight excluding hydrogens is 338 g/mol. The maximum atomic E-state index is 12.4. The van der Waals surface area contributed by atoms with E-state index in [-0.39, 0.29) is 16.0 Å². The number of aromatic hydroxyl groups is 1. The summed E-state index contributed by atoms with van der Waals surface area (Å²) in [7, 11) is 2.71. The molecule has 1 aliphatic rings. The molecule has 23 heavy (non-hydrogen) atoms. The molecule has 0 aliphatic carbocycles. The predicted molar refractivity (Wildman–Crippen MR) is 91.1 cm³/mol. The fourth-order valence-electron chi connectivity index (χ4n) is 2.04. The van der Waals surface area contributed by atoms with E-state index in [1.807, 2.05) is 0 Å². The Labute approximate surface area is 143 Å². The third-order valence-electron chi connectivity index (χ3n) is 3.25. The van der Waals surface area contributed by atoms with Gasteiger partial charge in [0.2, 0.25) is 0 Å². The van der Waals surface area contributed by atoms with Gasteiger partial charge in [-0.15, -0.1) is 0 Å². The quantitative estimate of drug-likeness (QED) is 0.505. The average Bonchev–Trinajstić information content (AvgIpc) is 2.80. The van der Waals surface area contributed by atoms with E-state index >= 15 is 0 Å². The van der Waals surface area contributed by atoms with Crippen LogP contribution < -0.4 is 4.74 Å². The molecule has 0 aromatic heterocycles. The molecule has 1 heterocycles. The largest absolute Gasteiger partial charge is 0.504 e. The summed E-state index contributed by atoms with van der Waals surface area (Å²) in [4.78, 5) is 25.7. The molecule has 1 atom stereocenters. The zero-order chi connectivity index (χ0) is 17.1. The molecule has 2 rings (SSSR count). The fraction of sp³-hybridized carbons (Fsp3) is 0.267. The van der Waals surface area contributed by atoms with Crippen LogP contribution in [0.4, 0.5) is 0 Å². The molecule has 0 saturated carbocycles. The van der Waals surface area contributed by atoms with Crippen molar-refractivity contribution in [1.29, 1.82) is 0 Å². The van der Waals surface area contributed by atoms with Crippen LogP contribution in [0.2, 0.25) is 0 Å². The van der Waals surface area contributed by atoms with Crippen LogP contribution in [0.3, 0.4) is 0 Å². The molecule has 6 nitrogen and oxygen atoms in total. The molecule has 0 unspecified atom stereocenters. The van der Waals surface area contributed by atoms with Crippen LogP contribution >= 0.6 is 24.0 Å². The van der Waals surface area contributed by atoms with E-state index < -0.39 is 12.0 Å². The number of ether oxygens (including phenoxy) is 2. The minimum absolute atomic E-state index is 0.0281. The number of benzene rings is 1. The van der Waals surface area contributed by atoms with Crippen LogP contribution in [0.15, 0.2) is 23.1 Å². The van der Waals surface area contributed by atoms with Crippen molar-refractivity contribution in [3.05, 3.63) is 28.7 Å². The Morgan fingerprint density at radius 3 is 2.70 bits per heavy atom. The second kappa shape index (κ2) is 7.01. The number of thioether (sulfide) groups is 1. The number of rotatable bonds is 4. The molecule has 8 heteroatoms. The lowest BCUT2D eigenvalue weighted by Crippen LogP contribution is -2.42. The summed E-state index contributed by atoms with van der Waals surface area (Å²) >= 11 is 6.27. The lowest BCUT2D eigenvalue weighted by molar-refractivity contribution is -0.147. The Morgan fingerprint density at radius 2 is 2.13 bits per heavy atom. The molecule has 1 aliphatic heterocycles. The number of amides is 1. The third kappa shape index (κ3) is 3.48. The van der Waals surface area contributed by atoms with Crippen molar-refractivity contribution < 1.29 is 24.2 Å². The second-order valence-electron chi connectivity index (χ2n) is 4.68. The number of carbonyl (C=O) groups is 2. The Morgan fingerprint density at radius 1 is 1.43 bits per heavy atom. The Bertz CT molecular complexity index is 701. The number of nitrogens with zero attached hydrogens (tertiary/aromatic N) is 1. The molecule has 1 amide bonds. The molecule has 1 fully saturated rings. The third-order valence-corrected chi connectivity index (χ3v) is 4.58. The van der Waals surface area contributed by atoms with Gasteiger partial charge >= 0.3 is 5.97 Å². The molecular formula is C15H15NO5S2. The van der Waals surface area contributed by atoms with Crippen molar-refractivity contribution in [1.82, 2.24) is 4.90 Å². The average molecular weight is 353 g/mol. The van der Waals surface area contributed by atoms with E-state index in [1.54, 1.807) is 25.1 Å². The number of carbonyl (C=O) groups excluding carboxylic acids is 2. The maximum Gasteiger partial charge on any atom is 0.328 e. The van der Waals surface area contributed by atoms with Gasteiger partial charge in [0.25, 0.3) is 5.91 Å². The first-order valence-electron chi connectivity index (χ1n) is 6.61. The van der Waals surface area contributed by atoms with Crippen molar-refractivity contribution in [3.8, 4) is 11.5 Å². The van der Waals surface area contributed by atoms with Gasteiger partial charge in [-0.3, -0.25) is 9.69 Å².